The molecule has 6 heteroatoms. The fourth-order valence-corrected chi connectivity index (χ4v) is 1.88. The zero-order valence-corrected chi connectivity index (χ0v) is 10.0. The Bertz CT molecular complexity index is 328. The lowest BCUT2D eigenvalue weighted by atomic mass is 10.2. The van der Waals surface area contributed by atoms with Crippen molar-refractivity contribution in [2.24, 2.45) is 11.8 Å². The second kappa shape index (κ2) is 5.18. The Hall–Kier alpha value is -1.01. The minimum Gasteiger partial charge on any atom is -0.368 e. The van der Waals surface area contributed by atoms with E-state index in [0.717, 1.165) is 5.03 Å². The molecule has 1 rings (SSSR count). The van der Waals surface area contributed by atoms with Crippen LogP contribution in [0.1, 0.15) is 20.8 Å². The SMILES string of the molecule is CC(C)C(C)Sc1cc(NN)nc(N)n1. The van der Waals surface area contributed by atoms with Gasteiger partial charge in [0, 0.05) is 11.3 Å². The Morgan fingerprint density at radius 1 is 1.33 bits per heavy atom. The van der Waals surface area contributed by atoms with Gasteiger partial charge in [0.05, 0.1) is 0 Å². The lowest BCUT2D eigenvalue weighted by Gasteiger charge is -2.14. The summed E-state index contributed by atoms with van der Waals surface area (Å²) in [4.78, 5) is 8.06. The summed E-state index contributed by atoms with van der Waals surface area (Å²) in [6, 6.07) is 1.79. The van der Waals surface area contributed by atoms with E-state index in [1.807, 2.05) is 0 Å². The quantitative estimate of drug-likeness (QED) is 0.312. The number of hydrogen-bond acceptors (Lipinski definition) is 6. The average Bonchev–Trinajstić information content (AvgIpc) is 2.16. The van der Waals surface area contributed by atoms with Gasteiger partial charge in [-0.3, -0.25) is 0 Å². The van der Waals surface area contributed by atoms with Crippen LogP contribution in [0.3, 0.4) is 0 Å². The molecule has 0 amide bonds. The standard InChI is InChI=1S/C9H17N5S/c1-5(2)6(3)15-8-4-7(14-11)12-9(10)13-8/h4-6H,11H2,1-3H3,(H3,10,12,13,14). The fraction of sp³-hybridized carbons (Fsp3) is 0.556. The number of hydrogen-bond donors (Lipinski definition) is 3. The summed E-state index contributed by atoms with van der Waals surface area (Å²) in [6.07, 6.45) is 0. The number of aromatic nitrogens is 2. The molecule has 1 atom stereocenters. The van der Waals surface area contributed by atoms with Crippen molar-refractivity contribution >= 4 is 23.5 Å². The first-order chi connectivity index (χ1) is 7.02. The topological polar surface area (TPSA) is 89.8 Å². The predicted molar refractivity (Wildman–Crippen MR) is 64.4 cm³/mol. The number of nitrogens with one attached hydrogen (secondary N) is 1. The summed E-state index contributed by atoms with van der Waals surface area (Å²) in [6.45, 7) is 6.50. The summed E-state index contributed by atoms with van der Waals surface area (Å²) in [7, 11) is 0. The largest absolute Gasteiger partial charge is 0.368 e. The minimum absolute atomic E-state index is 0.240. The van der Waals surface area contributed by atoms with Gasteiger partial charge < -0.3 is 11.2 Å². The van der Waals surface area contributed by atoms with Crippen molar-refractivity contribution < 1.29 is 0 Å². The number of nitrogens with zero attached hydrogens (tertiary/aromatic N) is 2. The van der Waals surface area contributed by atoms with E-state index < -0.39 is 0 Å². The third kappa shape index (κ3) is 3.56. The molecule has 84 valence electrons. The minimum atomic E-state index is 0.240. The first kappa shape index (κ1) is 12.1. The van der Waals surface area contributed by atoms with E-state index in [1.54, 1.807) is 17.8 Å². The van der Waals surface area contributed by atoms with E-state index in [0.29, 0.717) is 17.0 Å². The maximum atomic E-state index is 5.56. The molecule has 0 aliphatic carbocycles. The highest BCUT2D eigenvalue weighted by Gasteiger charge is 2.11. The number of anilines is 2. The van der Waals surface area contributed by atoms with E-state index in [9.17, 15) is 0 Å². The molecule has 5 nitrogen and oxygen atoms in total. The van der Waals surface area contributed by atoms with Crippen LogP contribution in [0.2, 0.25) is 0 Å². The van der Waals surface area contributed by atoms with Gasteiger partial charge in [0.2, 0.25) is 5.95 Å². The molecule has 0 bridgehead atoms. The summed E-state index contributed by atoms with van der Waals surface area (Å²) in [5.41, 5.74) is 8.02. The zero-order chi connectivity index (χ0) is 11.4. The van der Waals surface area contributed by atoms with Crippen molar-refractivity contribution in [1.29, 1.82) is 0 Å². The van der Waals surface area contributed by atoms with E-state index >= 15 is 0 Å². The third-order valence-corrected chi connectivity index (χ3v) is 3.48. The molecule has 1 unspecified atom stereocenters. The Kier molecular flexibility index (Phi) is 4.16. The molecule has 5 N–H and O–H groups in total. The third-order valence-electron chi connectivity index (χ3n) is 2.11. The smallest absolute Gasteiger partial charge is 0.223 e. The Morgan fingerprint density at radius 2 is 2.00 bits per heavy atom. The Balaban J connectivity index is 2.80. The number of thioether (sulfide) groups is 1. The Morgan fingerprint density at radius 3 is 2.53 bits per heavy atom. The maximum absolute atomic E-state index is 5.56. The van der Waals surface area contributed by atoms with Crippen molar-refractivity contribution in [3.63, 3.8) is 0 Å². The van der Waals surface area contributed by atoms with E-state index in [4.69, 9.17) is 11.6 Å². The molecule has 0 aliphatic rings. The van der Waals surface area contributed by atoms with Gasteiger partial charge in [-0.25, -0.2) is 10.8 Å². The molecule has 0 fully saturated rings. The van der Waals surface area contributed by atoms with Gasteiger partial charge in [-0.1, -0.05) is 20.8 Å². The summed E-state index contributed by atoms with van der Waals surface area (Å²) in [5.74, 6) is 6.64. The molecule has 0 spiro atoms. The average molecular weight is 227 g/mol. The molecule has 0 aliphatic heterocycles. The van der Waals surface area contributed by atoms with Gasteiger partial charge >= 0.3 is 0 Å². The number of nitrogens with two attached hydrogens (primary N) is 2. The molecular weight excluding hydrogens is 210 g/mol. The normalized spacial score (nSPS) is 12.9. The predicted octanol–water partition coefficient (Wildman–Crippen LogP) is 1.48. The second-order valence-corrected chi connectivity index (χ2v) is 5.06. The molecule has 1 aromatic heterocycles. The van der Waals surface area contributed by atoms with Crippen molar-refractivity contribution in [2.75, 3.05) is 11.2 Å². The van der Waals surface area contributed by atoms with Crippen LogP contribution in [-0.2, 0) is 0 Å². The highest BCUT2D eigenvalue weighted by molar-refractivity contribution is 7.99. The van der Waals surface area contributed by atoms with Gasteiger partial charge in [-0.15, -0.1) is 11.8 Å². The van der Waals surface area contributed by atoms with Crippen molar-refractivity contribution in [3.05, 3.63) is 6.07 Å². The lowest BCUT2D eigenvalue weighted by molar-refractivity contribution is 0.641. The van der Waals surface area contributed by atoms with E-state index in [-0.39, 0.29) is 5.95 Å². The summed E-state index contributed by atoms with van der Waals surface area (Å²) in [5, 5.41) is 1.32. The van der Waals surface area contributed by atoms with Crippen molar-refractivity contribution in [1.82, 2.24) is 9.97 Å². The van der Waals surface area contributed by atoms with Crippen LogP contribution in [0, 0.1) is 5.92 Å². The first-order valence-corrected chi connectivity index (χ1v) is 5.68. The molecule has 0 saturated heterocycles. The van der Waals surface area contributed by atoms with Gasteiger partial charge in [-0.05, 0) is 5.92 Å². The molecule has 0 aromatic carbocycles. The highest BCUT2D eigenvalue weighted by atomic mass is 32.2. The second-order valence-electron chi connectivity index (χ2n) is 3.66. The molecule has 1 heterocycles. The molecule has 1 aromatic rings. The van der Waals surface area contributed by atoms with Crippen molar-refractivity contribution in [2.45, 2.75) is 31.0 Å². The molecule has 15 heavy (non-hydrogen) atoms. The van der Waals surface area contributed by atoms with Crippen LogP contribution in [-0.4, -0.2) is 15.2 Å². The summed E-state index contributed by atoms with van der Waals surface area (Å²) < 4.78 is 0. The first-order valence-electron chi connectivity index (χ1n) is 4.80. The lowest BCUT2D eigenvalue weighted by Crippen LogP contribution is -2.11. The van der Waals surface area contributed by atoms with Crippen LogP contribution >= 0.6 is 11.8 Å². The van der Waals surface area contributed by atoms with Gasteiger partial charge in [0.1, 0.15) is 10.8 Å². The monoisotopic (exact) mass is 227 g/mol. The summed E-state index contributed by atoms with van der Waals surface area (Å²) >= 11 is 1.67. The van der Waals surface area contributed by atoms with Gasteiger partial charge in [0.25, 0.3) is 0 Å². The number of hydrazine groups is 1. The highest BCUT2D eigenvalue weighted by Crippen LogP contribution is 2.27. The Labute approximate surface area is 94.0 Å². The molecular formula is C9H17N5S. The van der Waals surface area contributed by atoms with Gasteiger partial charge in [-0.2, -0.15) is 4.98 Å². The molecule has 0 radical (unpaired) electrons. The van der Waals surface area contributed by atoms with Crippen LogP contribution in [0.4, 0.5) is 11.8 Å². The van der Waals surface area contributed by atoms with Crippen LogP contribution in [0.5, 0.6) is 0 Å². The van der Waals surface area contributed by atoms with Crippen molar-refractivity contribution in [3.8, 4) is 0 Å². The van der Waals surface area contributed by atoms with Crippen LogP contribution < -0.4 is 17.0 Å². The van der Waals surface area contributed by atoms with Crippen LogP contribution in [0.15, 0.2) is 11.1 Å². The number of nitrogen functional groups attached to an aromatic ring is 2. The zero-order valence-electron chi connectivity index (χ0n) is 9.19. The van der Waals surface area contributed by atoms with Gasteiger partial charge in [0.15, 0.2) is 0 Å². The fourth-order valence-electron chi connectivity index (χ4n) is 0.904. The van der Waals surface area contributed by atoms with E-state index in [1.165, 1.54) is 0 Å². The molecule has 0 saturated carbocycles. The van der Waals surface area contributed by atoms with Crippen LogP contribution in [0.25, 0.3) is 0 Å². The number of rotatable bonds is 4. The van der Waals surface area contributed by atoms with E-state index in [2.05, 4.69) is 36.2 Å². The maximum Gasteiger partial charge on any atom is 0.223 e.